The number of pyridine rings is 1. The van der Waals surface area contributed by atoms with Gasteiger partial charge in [0, 0.05) is 37.0 Å². The maximum Gasteiger partial charge on any atom is 0.387 e. The molecule has 0 atom stereocenters. The fourth-order valence-electron chi connectivity index (χ4n) is 2.54. The molecule has 0 unspecified atom stereocenters. The Hall–Kier alpha value is -2.90. The number of aliphatic imine (C=N–C) groups is 1. The number of halogens is 2. The van der Waals surface area contributed by atoms with E-state index in [4.69, 9.17) is 4.74 Å². The van der Waals surface area contributed by atoms with Crippen molar-refractivity contribution in [3.05, 3.63) is 53.9 Å². The summed E-state index contributed by atoms with van der Waals surface area (Å²) in [6.07, 6.45) is 2.50. The summed E-state index contributed by atoms with van der Waals surface area (Å²) in [4.78, 5) is 8.76. The Morgan fingerprint density at radius 1 is 1.14 bits per heavy atom. The van der Waals surface area contributed by atoms with E-state index in [1.807, 2.05) is 25.1 Å². The van der Waals surface area contributed by atoms with Gasteiger partial charge in [-0.3, -0.25) is 4.98 Å². The van der Waals surface area contributed by atoms with Gasteiger partial charge in [0.25, 0.3) is 0 Å². The number of guanidine groups is 1. The minimum absolute atomic E-state index is 0.0208. The van der Waals surface area contributed by atoms with Gasteiger partial charge in [0.1, 0.15) is 0 Å². The summed E-state index contributed by atoms with van der Waals surface area (Å²) in [5, 5.41) is 6.36. The van der Waals surface area contributed by atoms with Gasteiger partial charge in [-0.1, -0.05) is 18.2 Å². The molecule has 0 amide bonds. The highest BCUT2D eigenvalue weighted by Gasteiger charge is 2.15. The maximum atomic E-state index is 12.8. The number of alkyl halides is 2. The monoisotopic (exact) mass is 392 g/mol. The highest BCUT2D eigenvalue weighted by atomic mass is 19.3. The minimum atomic E-state index is -2.94. The number of nitrogens with one attached hydrogen (secondary N) is 2. The van der Waals surface area contributed by atoms with E-state index in [0.29, 0.717) is 31.2 Å². The van der Waals surface area contributed by atoms with E-state index in [0.717, 1.165) is 12.1 Å². The predicted molar refractivity (Wildman–Crippen MR) is 105 cm³/mol. The van der Waals surface area contributed by atoms with Crippen LogP contribution in [0.1, 0.15) is 25.1 Å². The fraction of sp³-hybridized carbons (Fsp3) is 0.400. The molecule has 2 rings (SSSR count). The average Bonchev–Trinajstić information content (AvgIpc) is 2.68. The van der Waals surface area contributed by atoms with Crippen LogP contribution in [0.4, 0.5) is 8.78 Å². The van der Waals surface area contributed by atoms with Crippen LogP contribution < -0.4 is 20.1 Å². The van der Waals surface area contributed by atoms with Crippen molar-refractivity contribution in [2.75, 3.05) is 19.7 Å². The molecule has 1 heterocycles. The first kappa shape index (κ1) is 21.4. The molecule has 1 aromatic heterocycles. The van der Waals surface area contributed by atoms with Crippen molar-refractivity contribution in [1.82, 2.24) is 15.6 Å². The molecule has 2 aromatic rings. The lowest BCUT2D eigenvalue weighted by Crippen LogP contribution is -2.38. The van der Waals surface area contributed by atoms with Gasteiger partial charge in [-0.2, -0.15) is 8.78 Å². The second kappa shape index (κ2) is 11.7. The molecule has 0 fully saturated rings. The second-order valence-electron chi connectivity index (χ2n) is 5.75. The predicted octanol–water partition coefficient (Wildman–Crippen LogP) is 3.38. The van der Waals surface area contributed by atoms with Crippen LogP contribution in [0.5, 0.6) is 11.5 Å². The van der Waals surface area contributed by atoms with Crippen LogP contribution in [0.2, 0.25) is 0 Å². The summed E-state index contributed by atoms with van der Waals surface area (Å²) in [7, 11) is 0. The smallest absolute Gasteiger partial charge is 0.387 e. The second-order valence-corrected chi connectivity index (χ2v) is 5.75. The lowest BCUT2D eigenvalue weighted by atomic mass is 10.2. The van der Waals surface area contributed by atoms with Crippen LogP contribution >= 0.6 is 0 Å². The molecule has 0 aliphatic heterocycles. The van der Waals surface area contributed by atoms with Crippen molar-refractivity contribution in [2.45, 2.75) is 33.4 Å². The van der Waals surface area contributed by atoms with Gasteiger partial charge in [-0.15, -0.1) is 0 Å². The molecule has 0 bridgehead atoms. The quantitative estimate of drug-likeness (QED) is 0.479. The number of aromatic nitrogens is 1. The zero-order valence-corrected chi connectivity index (χ0v) is 16.1. The molecule has 6 nitrogen and oxygen atoms in total. The standard InChI is InChI=1S/C20H26F2N4O2/c1-3-23-20(25-13-11-16-9-5-6-12-24-16)26-14-15-8-7-10-17(27-4-2)18(15)28-19(21)22/h5-10,12,19H,3-4,11,13-14H2,1-2H3,(H2,23,25,26). The first-order valence-electron chi connectivity index (χ1n) is 9.25. The Balaban J connectivity index is 2.07. The van der Waals surface area contributed by atoms with Gasteiger partial charge in [0.15, 0.2) is 17.5 Å². The van der Waals surface area contributed by atoms with E-state index in [2.05, 4.69) is 25.3 Å². The fourth-order valence-corrected chi connectivity index (χ4v) is 2.54. The Morgan fingerprint density at radius 3 is 2.68 bits per heavy atom. The summed E-state index contributed by atoms with van der Waals surface area (Å²) >= 11 is 0. The van der Waals surface area contributed by atoms with Gasteiger partial charge in [-0.05, 0) is 32.0 Å². The molecule has 0 saturated carbocycles. The molecule has 2 N–H and O–H groups in total. The molecule has 152 valence electrons. The van der Waals surface area contributed by atoms with Gasteiger partial charge >= 0.3 is 6.61 Å². The van der Waals surface area contributed by atoms with E-state index >= 15 is 0 Å². The van der Waals surface area contributed by atoms with Crippen molar-refractivity contribution < 1.29 is 18.3 Å². The molecule has 0 radical (unpaired) electrons. The number of hydrogen-bond acceptors (Lipinski definition) is 4. The largest absolute Gasteiger partial charge is 0.490 e. The van der Waals surface area contributed by atoms with E-state index in [-0.39, 0.29) is 18.0 Å². The Kier molecular flexibility index (Phi) is 8.97. The lowest BCUT2D eigenvalue weighted by molar-refractivity contribution is -0.0520. The van der Waals surface area contributed by atoms with Gasteiger partial charge in [0.05, 0.1) is 13.2 Å². The van der Waals surface area contributed by atoms with E-state index in [1.54, 1.807) is 31.3 Å². The summed E-state index contributed by atoms with van der Waals surface area (Å²) in [5.41, 5.74) is 1.50. The Labute approximate surface area is 164 Å². The molecule has 0 saturated heterocycles. The number of hydrogen-bond donors (Lipinski definition) is 2. The van der Waals surface area contributed by atoms with Crippen molar-refractivity contribution >= 4 is 5.96 Å². The molecule has 28 heavy (non-hydrogen) atoms. The zero-order valence-electron chi connectivity index (χ0n) is 16.1. The SMILES string of the molecule is CCNC(=NCc1cccc(OCC)c1OC(F)F)NCCc1ccccn1. The number of ether oxygens (including phenoxy) is 2. The number of nitrogens with zero attached hydrogens (tertiary/aromatic N) is 2. The molecule has 0 aliphatic rings. The summed E-state index contributed by atoms with van der Waals surface area (Å²) < 4.78 is 35.7. The first-order valence-corrected chi connectivity index (χ1v) is 9.25. The van der Waals surface area contributed by atoms with Crippen LogP contribution in [0.3, 0.4) is 0 Å². The van der Waals surface area contributed by atoms with E-state index in [9.17, 15) is 8.78 Å². The summed E-state index contributed by atoms with van der Waals surface area (Å²) in [6, 6.07) is 10.8. The van der Waals surface area contributed by atoms with Crippen molar-refractivity contribution in [3.63, 3.8) is 0 Å². The van der Waals surface area contributed by atoms with Crippen molar-refractivity contribution in [2.24, 2.45) is 4.99 Å². The Morgan fingerprint density at radius 2 is 2.00 bits per heavy atom. The highest BCUT2D eigenvalue weighted by Crippen LogP contribution is 2.33. The molecular formula is C20H26F2N4O2. The zero-order chi connectivity index (χ0) is 20.2. The average molecular weight is 392 g/mol. The third-order valence-electron chi connectivity index (χ3n) is 3.72. The van der Waals surface area contributed by atoms with Gasteiger partial charge in [0.2, 0.25) is 0 Å². The van der Waals surface area contributed by atoms with Crippen LogP contribution in [-0.2, 0) is 13.0 Å². The van der Waals surface area contributed by atoms with Crippen molar-refractivity contribution in [3.8, 4) is 11.5 Å². The molecule has 8 heteroatoms. The van der Waals surface area contributed by atoms with Gasteiger partial charge < -0.3 is 20.1 Å². The van der Waals surface area contributed by atoms with Crippen LogP contribution in [0.25, 0.3) is 0 Å². The maximum absolute atomic E-state index is 12.8. The van der Waals surface area contributed by atoms with Crippen LogP contribution in [0.15, 0.2) is 47.6 Å². The number of rotatable bonds is 10. The highest BCUT2D eigenvalue weighted by molar-refractivity contribution is 5.79. The Bertz CT molecular complexity index is 742. The molecular weight excluding hydrogens is 366 g/mol. The third-order valence-corrected chi connectivity index (χ3v) is 3.72. The topological polar surface area (TPSA) is 67.8 Å². The number of para-hydroxylation sites is 1. The number of benzene rings is 1. The third kappa shape index (κ3) is 7.02. The molecule has 0 aliphatic carbocycles. The molecule has 1 aromatic carbocycles. The summed E-state index contributed by atoms with van der Waals surface area (Å²) in [5.74, 6) is 0.888. The first-order chi connectivity index (χ1) is 13.6. The van der Waals surface area contributed by atoms with Crippen molar-refractivity contribution in [1.29, 1.82) is 0 Å². The summed E-state index contributed by atoms with van der Waals surface area (Å²) in [6.45, 7) is 2.64. The van der Waals surface area contributed by atoms with E-state index < -0.39 is 6.61 Å². The van der Waals surface area contributed by atoms with Crippen LogP contribution in [0, 0.1) is 0 Å². The minimum Gasteiger partial charge on any atom is -0.490 e. The van der Waals surface area contributed by atoms with Gasteiger partial charge in [-0.25, -0.2) is 4.99 Å². The van der Waals surface area contributed by atoms with E-state index in [1.165, 1.54) is 0 Å². The molecule has 0 spiro atoms. The van der Waals surface area contributed by atoms with Crippen LogP contribution in [-0.4, -0.2) is 37.3 Å². The normalized spacial score (nSPS) is 11.4. The lowest BCUT2D eigenvalue weighted by Gasteiger charge is -2.15.